The second kappa shape index (κ2) is 5.32. The SMILES string of the molecule is CO[C@]12C=C[C@@]3([C@@H]4CC[C@H](O)[C@@H]41)[C@H]1Cc4ccc(O)c5c4[C@@]3(CCN1CC1CC1)[C@@H]2O5. The van der Waals surface area contributed by atoms with Crippen LogP contribution in [0.4, 0.5) is 0 Å². The Morgan fingerprint density at radius 1 is 1.19 bits per heavy atom. The van der Waals surface area contributed by atoms with E-state index in [-0.39, 0.29) is 34.7 Å². The van der Waals surface area contributed by atoms with E-state index in [1.165, 1.54) is 30.5 Å². The molecule has 4 bridgehead atoms. The molecule has 2 spiro atoms. The molecule has 0 unspecified atom stereocenters. The predicted octanol–water partition coefficient (Wildman–Crippen LogP) is 2.77. The highest BCUT2D eigenvalue weighted by atomic mass is 16.6. The maximum atomic E-state index is 11.2. The number of likely N-dealkylation sites (tertiary alicyclic amines) is 1. The molecule has 6 aliphatic carbocycles. The summed E-state index contributed by atoms with van der Waals surface area (Å²) in [5, 5.41) is 22.1. The molecule has 9 rings (SSSR count). The van der Waals surface area contributed by atoms with Gasteiger partial charge >= 0.3 is 0 Å². The molecule has 8 atom stereocenters. The molecule has 1 saturated heterocycles. The summed E-state index contributed by atoms with van der Waals surface area (Å²) in [6, 6.07) is 4.40. The van der Waals surface area contributed by atoms with Gasteiger partial charge in [0.05, 0.1) is 11.5 Å². The van der Waals surface area contributed by atoms with Crippen LogP contribution in [0.2, 0.25) is 0 Å². The molecular weight excluding hydrogens is 390 g/mol. The summed E-state index contributed by atoms with van der Waals surface area (Å²) in [5.41, 5.74) is 1.76. The van der Waals surface area contributed by atoms with Crippen LogP contribution >= 0.6 is 0 Å². The first-order valence-corrected chi connectivity index (χ1v) is 12.3. The summed E-state index contributed by atoms with van der Waals surface area (Å²) in [4.78, 5) is 2.80. The first-order valence-electron chi connectivity index (χ1n) is 12.3. The fraction of sp³-hybridized carbons (Fsp3) is 0.692. The lowest BCUT2D eigenvalue weighted by Crippen LogP contribution is -2.82. The Kier molecular flexibility index (Phi) is 3.08. The highest BCUT2D eigenvalue weighted by molar-refractivity contribution is 5.65. The van der Waals surface area contributed by atoms with Crippen LogP contribution in [0.25, 0.3) is 0 Å². The molecule has 2 heterocycles. The topological polar surface area (TPSA) is 62.2 Å². The predicted molar refractivity (Wildman–Crippen MR) is 114 cm³/mol. The maximum absolute atomic E-state index is 11.2. The Hall–Kier alpha value is -1.56. The largest absolute Gasteiger partial charge is 0.504 e. The summed E-state index contributed by atoms with van der Waals surface area (Å²) in [7, 11) is 1.79. The van der Waals surface area contributed by atoms with Gasteiger partial charge in [-0.2, -0.15) is 0 Å². The van der Waals surface area contributed by atoms with Gasteiger partial charge in [-0.25, -0.2) is 0 Å². The van der Waals surface area contributed by atoms with Crippen LogP contribution in [0, 0.1) is 23.2 Å². The highest BCUT2D eigenvalue weighted by Gasteiger charge is 2.83. The van der Waals surface area contributed by atoms with Crippen molar-refractivity contribution in [2.24, 2.45) is 23.2 Å². The van der Waals surface area contributed by atoms with Gasteiger partial charge in [-0.15, -0.1) is 0 Å². The van der Waals surface area contributed by atoms with Crippen LogP contribution in [0.3, 0.4) is 0 Å². The normalized spacial score (nSPS) is 50.3. The Labute approximate surface area is 183 Å². The van der Waals surface area contributed by atoms with Crippen molar-refractivity contribution in [1.29, 1.82) is 0 Å². The van der Waals surface area contributed by atoms with Gasteiger partial charge in [0.25, 0.3) is 0 Å². The molecule has 3 saturated carbocycles. The van der Waals surface area contributed by atoms with Gasteiger partial charge in [0.1, 0.15) is 11.7 Å². The van der Waals surface area contributed by atoms with Crippen molar-refractivity contribution in [1.82, 2.24) is 4.90 Å². The van der Waals surface area contributed by atoms with Crippen LogP contribution in [-0.2, 0) is 16.6 Å². The van der Waals surface area contributed by atoms with Gasteiger partial charge in [0, 0.05) is 36.6 Å². The Morgan fingerprint density at radius 3 is 2.87 bits per heavy atom. The molecule has 1 aromatic carbocycles. The smallest absolute Gasteiger partial charge is 0.165 e. The third-order valence-corrected chi connectivity index (χ3v) is 10.7. The number of hydrogen-bond acceptors (Lipinski definition) is 5. The lowest BCUT2D eigenvalue weighted by Gasteiger charge is -2.73. The van der Waals surface area contributed by atoms with Crippen LogP contribution in [-0.4, -0.2) is 59.2 Å². The van der Waals surface area contributed by atoms with Gasteiger partial charge in [0.15, 0.2) is 11.5 Å². The maximum Gasteiger partial charge on any atom is 0.165 e. The summed E-state index contributed by atoms with van der Waals surface area (Å²) in [5.74, 6) is 2.26. The number of phenols is 1. The first-order chi connectivity index (χ1) is 15.1. The second-order valence-electron chi connectivity index (χ2n) is 11.4. The number of aliphatic hydroxyl groups excluding tert-OH is 1. The molecular formula is C26H31NO4. The number of piperidine rings is 1. The van der Waals surface area contributed by atoms with E-state index in [1.807, 2.05) is 6.07 Å². The summed E-state index contributed by atoms with van der Waals surface area (Å²) in [6.07, 6.45) is 10.9. The van der Waals surface area contributed by atoms with E-state index in [0.29, 0.717) is 17.7 Å². The number of rotatable bonds is 3. The zero-order valence-electron chi connectivity index (χ0n) is 18.1. The van der Waals surface area contributed by atoms with Crippen molar-refractivity contribution in [2.75, 3.05) is 20.2 Å². The summed E-state index contributed by atoms with van der Waals surface area (Å²) < 4.78 is 13.1. The van der Waals surface area contributed by atoms with Crippen molar-refractivity contribution in [3.8, 4) is 11.5 Å². The standard InChI is InChI=1S/C26H31NO4/c1-30-26-9-8-24(16-5-7-17(28)21(16)26)19-12-15-4-6-18(29)22-20(15)25(24,23(26)31-22)10-11-27(19)13-14-2-3-14/h4,6,8-9,14,16-17,19,21,23,28-29H,2-3,5,7,10-13H2,1H3/t16-,17+,19-,21-,23+,24-,25+,26-/m1/s1. The number of hydrogen-bond donors (Lipinski definition) is 2. The fourth-order valence-corrected chi connectivity index (χ4v) is 9.61. The van der Waals surface area contributed by atoms with Crippen LogP contribution in [0.1, 0.15) is 43.2 Å². The molecule has 164 valence electrons. The van der Waals surface area contributed by atoms with Crippen molar-refractivity contribution in [2.45, 2.75) is 67.8 Å². The molecule has 2 aliphatic heterocycles. The minimum Gasteiger partial charge on any atom is -0.504 e. The molecule has 0 aromatic heterocycles. The number of aromatic hydroxyl groups is 1. The van der Waals surface area contributed by atoms with E-state index in [4.69, 9.17) is 9.47 Å². The Balaban J connectivity index is 1.44. The van der Waals surface area contributed by atoms with Gasteiger partial charge in [0.2, 0.25) is 0 Å². The number of benzene rings is 1. The molecule has 5 heteroatoms. The quantitative estimate of drug-likeness (QED) is 0.735. The van der Waals surface area contributed by atoms with E-state index in [1.54, 1.807) is 7.11 Å². The van der Waals surface area contributed by atoms with Gasteiger partial charge in [-0.3, -0.25) is 4.90 Å². The van der Waals surface area contributed by atoms with Crippen molar-refractivity contribution >= 4 is 0 Å². The van der Waals surface area contributed by atoms with E-state index in [2.05, 4.69) is 23.1 Å². The molecule has 5 nitrogen and oxygen atoms in total. The number of nitrogens with zero attached hydrogens (tertiary/aromatic N) is 1. The number of aliphatic hydroxyl groups is 1. The minimum absolute atomic E-state index is 0.0563. The van der Waals surface area contributed by atoms with Crippen molar-refractivity contribution < 1.29 is 19.7 Å². The average molecular weight is 422 g/mol. The zero-order chi connectivity index (χ0) is 20.8. The fourth-order valence-electron chi connectivity index (χ4n) is 9.61. The van der Waals surface area contributed by atoms with Gasteiger partial charge in [-0.05, 0) is 68.5 Å². The molecule has 31 heavy (non-hydrogen) atoms. The number of methoxy groups -OCH3 is 1. The third-order valence-electron chi connectivity index (χ3n) is 10.7. The Morgan fingerprint density at radius 2 is 2.06 bits per heavy atom. The number of ether oxygens (including phenoxy) is 2. The zero-order valence-corrected chi connectivity index (χ0v) is 18.1. The molecule has 1 aromatic rings. The van der Waals surface area contributed by atoms with E-state index in [9.17, 15) is 10.2 Å². The molecule has 8 aliphatic rings. The Bertz CT molecular complexity index is 1030. The second-order valence-corrected chi connectivity index (χ2v) is 11.4. The van der Waals surface area contributed by atoms with Crippen molar-refractivity contribution in [3.05, 3.63) is 35.4 Å². The summed E-state index contributed by atoms with van der Waals surface area (Å²) in [6.45, 7) is 2.29. The lowest BCUT2D eigenvalue weighted by molar-refractivity contribution is -0.248. The molecule has 0 radical (unpaired) electrons. The molecule has 4 fully saturated rings. The average Bonchev–Trinajstić information content (AvgIpc) is 3.38. The molecule has 2 N–H and O–H groups in total. The highest BCUT2D eigenvalue weighted by Crippen LogP contribution is 2.78. The first kappa shape index (κ1) is 17.9. The van der Waals surface area contributed by atoms with Crippen molar-refractivity contribution in [3.63, 3.8) is 0 Å². The van der Waals surface area contributed by atoms with Crippen LogP contribution < -0.4 is 4.74 Å². The lowest BCUT2D eigenvalue weighted by atomic mass is 9.34. The van der Waals surface area contributed by atoms with Crippen LogP contribution in [0.5, 0.6) is 11.5 Å². The monoisotopic (exact) mass is 421 g/mol. The molecule has 0 amide bonds. The minimum atomic E-state index is -0.633. The third kappa shape index (κ3) is 1.69. The van der Waals surface area contributed by atoms with E-state index < -0.39 is 5.60 Å². The van der Waals surface area contributed by atoms with E-state index >= 15 is 0 Å². The van der Waals surface area contributed by atoms with Gasteiger partial charge in [-0.1, -0.05) is 18.2 Å². The van der Waals surface area contributed by atoms with E-state index in [0.717, 1.165) is 38.1 Å². The van der Waals surface area contributed by atoms with Gasteiger partial charge < -0.3 is 19.7 Å². The van der Waals surface area contributed by atoms with Crippen LogP contribution in [0.15, 0.2) is 24.3 Å². The number of phenolic OH excluding ortho intramolecular Hbond substituents is 1. The summed E-state index contributed by atoms with van der Waals surface area (Å²) >= 11 is 0.